The van der Waals surface area contributed by atoms with Gasteiger partial charge in [0.2, 0.25) is 11.8 Å². The molecule has 4 rings (SSSR count). The molecular weight excluding hydrogens is 505 g/mol. The lowest BCUT2D eigenvalue weighted by Crippen LogP contribution is -2.39. The summed E-state index contributed by atoms with van der Waals surface area (Å²) in [6.07, 6.45) is 3.20. The molecule has 1 atom stereocenters. The van der Waals surface area contributed by atoms with Crippen LogP contribution < -0.4 is 32.6 Å². The van der Waals surface area contributed by atoms with Crippen LogP contribution >= 0.6 is 23.2 Å². The summed E-state index contributed by atoms with van der Waals surface area (Å²) < 4.78 is 1.27. The Hall–Kier alpha value is -3.86. The van der Waals surface area contributed by atoms with E-state index in [2.05, 4.69) is 21.3 Å². The molecule has 0 unspecified atom stereocenters. The van der Waals surface area contributed by atoms with Crippen molar-refractivity contribution < 1.29 is 9.59 Å². The molecule has 0 radical (unpaired) electrons. The molecule has 0 fully saturated rings. The maximum atomic E-state index is 13.3. The van der Waals surface area contributed by atoms with Gasteiger partial charge >= 0.3 is 0 Å². The predicted molar refractivity (Wildman–Crippen MR) is 138 cm³/mol. The van der Waals surface area contributed by atoms with Gasteiger partial charge in [-0.1, -0.05) is 53.5 Å². The minimum Gasteiger partial charge on any atom is -0.370 e. The highest BCUT2D eigenvalue weighted by atomic mass is 35.5. The molecule has 10 nitrogen and oxygen atoms in total. The number of halogens is 2. The van der Waals surface area contributed by atoms with Crippen LogP contribution in [0.5, 0.6) is 0 Å². The van der Waals surface area contributed by atoms with Crippen LogP contribution in [0.4, 0.5) is 5.69 Å². The van der Waals surface area contributed by atoms with Crippen molar-refractivity contribution in [1.82, 2.24) is 25.8 Å². The summed E-state index contributed by atoms with van der Waals surface area (Å²) in [5, 5.41) is 5.15. The molecule has 36 heavy (non-hydrogen) atoms. The van der Waals surface area contributed by atoms with E-state index in [1.54, 1.807) is 29.4 Å². The Bertz CT molecular complexity index is 1360. The van der Waals surface area contributed by atoms with Gasteiger partial charge in [0.1, 0.15) is 11.2 Å². The summed E-state index contributed by atoms with van der Waals surface area (Å²) in [5.74, 6) is -0.957. The van der Waals surface area contributed by atoms with E-state index >= 15 is 0 Å². The molecule has 0 saturated carbocycles. The third-order valence-electron chi connectivity index (χ3n) is 5.45. The number of hydrogen-bond donors (Lipinski definition) is 4. The van der Waals surface area contributed by atoms with Crippen molar-refractivity contribution in [3.05, 3.63) is 93.2 Å². The van der Waals surface area contributed by atoms with Crippen LogP contribution in [0.25, 0.3) is 11.3 Å². The van der Waals surface area contributed by atoms with Crippen LogP contribution in [0.2, 0.25) is 5.02 Å². The third-order valence-corrected chi connectivity index (χ3v) is 5.88. The molecule has 0 bridgehead atoms. The molecule has 0 saturated heterocycles. The van der Waals surface area contributed by atoms with Crippen LogP contribution in [0.3, 0.4) is 0 Å². The van der Waals surface area contributed by atoms with Crippen LogP contribution in [0.15, 0.2) is 77.1 Å². The zero-order valence-corrected chi connectivity index (χ0v) is 20.5. The lowest BCUT2D eigenvalue weighted by atomic mass is 10.0. The van der Waals surface area contributed by atoms with Crippen molar-refractivity contribution in [2.45, 2.75) is 18.9 Å². The van der Waals surface area contributed by atoms with Crippen molar-refractivity contribution in [2.24, 2.45) is 5.73 Å². The van der Waals surface area contributed by atoms with E-state index in [1.807, 2.05) is 30.3 Å². The molecule has 0 spiro atoms. The quantitative estimate of drug-likeness (QED) is 0.313. The number of carbonyl (C=O) groups excluding carboxylic acids is 2. The predicted octanol–water partition coefficient (Wildman–Crippen LogP) is 2.21. The van der Waals surface area contributed by atoms with Crippen molar-refractivity contribution in [1.29, 1.82) is 0 Å². The number of nitrogens with one attached hydrogen (secondary N) is 3. The summed E-state index contributed by atoms with van der Waals surface area (Å²) >= 11 is 12.2. The van der Waals surface area contributed by atoms with Crippen LogP contribution in [0, 0.1) is 0 Å². The lowest BCUT2D eigenvalue weighted by Gasteiger charge is -2.21. The Morgan fingerprint density at radius 3 is 2.56 bits per heavy atom. The molecule has 186 valence electrons. The highest BCUT2D eigenvalue weighted by Crippen LogP contribution is 2.32. The molecule has 1 aliphatic rings. The molecule has 5 N–H and O–H groups in total. The number of hydrazine groups is 2. The molecule has 2 amide bonds. The normalized spacial score (nSPS) is 13.6. The second-order valence-corrected chi connectivity index (χ2v) is 8.82. The average Bonchev–Trinajstić information content (AvgIpc) is 3.29. The Morgan fingerprint density at radius 2 is 1.89 bits per heavy atom. The summed E-state index contributed by atoms with van der Waals surface area (Å²) in [6.45, 7) is 0.0680. The highest BCUT2D eigenvalue weighted by molar-refractivity contribution is 6.31. The number of anilines is 1. The molecule has 1 aromatic heterocycles. The first-order valence-electron chi connectivity index (χ1n) is 11.0. The number of nitrogens with two attached hydrogens (primary N) is 1. The fraction of sp³-hybridized carbons (Fsp3) is 0.167. The van der Waals surface area contributed by atoms with Crippen molar-refractivity contribution in [3.63, 3.8) is 0 Å². The van der Waals surface area contributed by atoms with Crippen molar-refractivity contribution in [3.8, 4) is 11.3 Å². The smallest absolute Gasteiger partial charge is 0.254 e. The average molecular weight is 528 g/mol. The minimum atomic E-state index is -0.889. The van der Waals surface area contributed by atoms with E-state index < -0.39 is 23.4 Å². The van der Waals surface area contributed by atoms with Crippen LogP contribution in [-0.4, -0.2) is 27.9 Å². The van der Waals surface area contributed by atoms with Gasteiger partial charge in [-0.25, -0.2) is 4.98 Å². The lowest BCUT2D eigenvalue weighted by molar-refractivity contribution is -0.124. The SMILES string of the molecule is NC(=O)CCNC(=O)[C@H](Cc1ccccc1)n1cnc(-c2cc(Cl)ccc2N2C=C(Cl)NN2)cc1=O. The number of hydrogen-bond acceptors (Lipinski definition) is 7. The van der Waals surface area contributed by atoms with Gasteiger partial charge < -0.3 is 11.1 Å². The molecule has 2 heterocycles. The maximum Gasteiger partial charge on any atom is 0.254 e. The molecule has 2 aromatic carbocycles. The Morgan fingerprint density at radius 1 is 1.11 bits per heavy atom. The zero-order chi connectivity index (χ0) is 25.7. The number of benzene rings is 2. The number of primary amides is 1. The zero-order valence-electron chi connectivity index (χ0n) is 18.9. The molecule has 1 aliphatic heterocycles. The van der Waals surface area contributed by atoms with Gasteiger partial charge in [0.25, 0.3) is 5.56 Å². The van der Waals surface area contributed by atoms with Gasteiger partial charge in [0, 0.05) is 36.0 Å². The number of rotatable bonds is 9. The van der Waals surface area contributed by atoms with E-state index in [0.29, 0.717) is 27.1 Å². The second-order valence-electron chi connectivity index (χ2n) is 7.98. The monoisotopic (exact) mass is 527 g/mol. The first-order chi connectivity index (χ1) is 17.3. The third kappa shape index (κ3) is 6.03. The van der Waals surface area contributed by atoms with E-state index in [0.717, 1.165) is 5.56 Å². The maximum absolute atomic E-state index is 13.3. The van der Waals surface area contributed by atoms with Gasteiger partial charge in [-0.2, -0.15) is 0 Å². The fourth-order valence-corrected chi connectivity index (χ4v) is 4.03. The molecular formula is C24H23Cl2N7O3. The molecule has 12 heteroatoms. The van der Waals surface area contributed by atoms with E-state index in [1.165, 1.54) is 17.0 Å². The Balaban J connectivity index is 1.68. The van der Waals surface area contributed by atoms with Gasteiger partial charge in [-0.15, -0.1) is 5.53 Å². The van der Waals surface area contributed by atoms with E-state index in [4.69, 9.17) is 28.9 Å². The van der Waals surface area contributed by atoms with E-state index in [-0.39, 0.29) is 19.4 Å². The van der Waals surface area contributed by atoms with Gasteiger partial charge in [-0.05, 0) is 23.8 Å². The van der Waals surface area contributed by atoms with Gasteiger partial charge in [-0.3, -0.25) is 29.4 Å². The second kappa shape index (κ2) is 11.3. The summed E-state index contributed by atoms with van der Waals surface area (Å²) in [5.41, 5.74) is 12.8. The summed E-state index contributed by atoms with van der Waals surface area (Å²) in [6, 6.07) is 14.9. The summed E-state index contributed by atoms with van der Waals surface area (Å²) in [7, 11) is 0. The first kappa shape index (κ1) is 25.2. The molecule has 0 aliphatic carbocycles. The number of aromatic nitrogens is 2. The fourth-order valence-electron chi connectivity index (χ4n) is 3.72. The number of carbonyl (C=O) groups is 2. The standard InChI is InChI=1S/C24H23Cl2N7O3/c25-16-6-7-19(33-13-21(26)30-31-33)17(11-16)18-12-23(35)32(14-29-18)20(10-15-4-2-1-3-5-15)24(36)28-9-8-22(27)34/h1-7,11-14,20,30-31H,8-10H2,(H2,27,34)(H,28,36)/t20-/m0/s1. The highest BCUT2D eigenvalue weighted by Gasteiger charge is 2.24. The van der Waals surface area contributed by atoms with Crippen molar-refractivity contribution in [2.75, 3.05) is 11.6 Å². The topological polar surface area (TPSA) is 134 Å². The van der Waals surface area contributed by atoms with Crippen LogP contribution in [-0.2, 0) is 16.0 Å². The Labute approximate surface area is 216 Å². The molecule has 3 aromatic rings. The van der Waals surface area contributed by atoms with Gasteiger partial charge in [0.15, 0.2) is 0 Å². The van der Waals surface area contributed by atoms with Crippen molar-refractivity contribution >= 4 is 40.7 Å². The summed E-state index contributed by atoms with van der Waals surface area (Å²) in [4.78, 5) is 41.8. The number of amides is 2. The van der Waals surface area contributed by atoms with E-state index in [9.17, 15) is 14.4 Å². The largest absolute Gasteiger partial charge is 0.370 e. The van der Waals surface area contributed by atoms with Gasteiger partial charge in [0.05, 0.1) is 23.9 Å². The first-order valence-corrected chi connectivity index (χ1v) is 11.7. The Kier molecular flexibility index (Phi) is 7.89. The van der Waals surface area contributed by atoms with Crippen LogP contribution in [0.1, 0.15) is 18.0 Å². The minimum absolute atomic E-state index is 0.00865. The number of nitrogens with zero attached hydrogens (tertiary/aromatic N) is 3.